The molecule has 0 spiro atoms. The van der Waals surface area contributed by atoms with Crippen LogP contribution in [0.25, 0.3) is 0 Å². The topological polar surface area (TPSA) is 42.7 Å². The number of halogens is 1. The Morgan fingerprint density at radius 3 is 2.94 bits per heavy atom. The summed E-state index contributed by atoms with van der Waals surface area (Å²) in [5, 5.41) is 7.46. The second kappa shape index (κ2) is 5.68. The number of aromatic nitrogens is 3. The molecule has 0 aliphatic carbocycles. The number of nitrogens with one attached hydrogen (secondary N) is 1. The molecule has 5 heteroatoms. The summed E-state index contributed by atoms with van der Waals surface area (Å²) in [7, 11) is 0. The van der Waals surface area contributed by atoms with Crippen LogP contribution in [0.2, 0.25) is 0 Å². The van der Waals surface area contributed by atoms with Crippen LogP contribution in [-0.2, 0) is 19.0 Å². The minimum atomic E-state index is 0.504. The molecular weight excluding hydrogens is 236 g/mol. The summed E-state index contributed by atoms with van der Waals surface area (Å²) in [4.78, 5) is 4.21. The highest BCUT2D eigenvalue weighted by Crippen LogP contribution is 2.17. The predicted molar refractivity (Wildman–Crippen MR) is 69.0 cm³/mol. The summed E-state index contributed by atoms with van der Waals surface area (Å²) in [6.07, 6.45) is 1.58. The number of alkyl halides is 1. The van der Waals surface area contributed by atoms with Crippen LogP contribution in [-0.4, -0.2) is 14.8 Å². The lowest BCUT2D eigenvalue weighted by atomic mass is 10.2. The Morgan fingerprint density at radius 1 is 1.35 bits per heavy atom. The molecule has 1 heterocycles. The third-order valence-corrected chi connectivity index (χ3v) is 2.88. The second-order valence-electron chi connectivity index (χ2n) is 3.64. The molecule has 0 fully saturated rings. The average molecular weight is 251 g/mol. The summed E-state index contributed by atoms with van der Waals surface area (Å²) in [6.45, 7) is 3.53. The van der Waals surface area contributed by atoms with Gasteiger partial charge in [0, 0.05) is 18.1 Å². The van der Waals surface area contributed by atoms with Crippen molar-refractivity contribution in [2.45, 2.75) is 25.9 Å². The normalized spacial score (nSPS) is 10.5. The van der Waals surface area contributed by atoms with Gasteiger partial charge in [-0.2, -0.15) is 5.10 Å². The van der Waals surface area contributed by atoms with Crippen molar-refractivity contribution in [2.75, 3.05) is 5.32 Å². The Morgan fingerprint density at radius 2 is 2.18 bits per heavy atom. The van der Waals surface area contributed by atoms with Gasteiger partial charge in [-0.3, -0.25) is 0 Å². The van der Waals surface area contributed by atoms with Crippen molar-refractivity contribution in [1.82, 2.24) is 14.8 Å². The molecule has 0 unspecified atom stereocenters. The van der Waals surface area contributed by atoms with E-state index in [0.29, 0.717) is 12.4 Å². The van der Waals surface area contributed by atoms with Gasteiger partial charge < -0.3 is 5.32 Å². The number of para-hydroxylation sites is 1. The molecule has 17 heavy (non-hydrogen) atoms. The van der Waals surface area contributed by atoms with E-state index in [0.717, 1.165) is 23.6 Å². The van der Waals surface area contributed by atoms with Gasteiger partial charge in [0.15, 0.2) is 0 Å². The third kappa shape index (κ3) is 2.77. The fourth-order valence-corrected chi connectivity index (χ4v) is 1.91. The maximum atomic E-state index is 5.88. The van der Waals surface area contributed by atoms with Crippen molar-refractivity contribution in [3.8, 4) is 0 Å². The van der Waals surface area contributed by atoms with Gasteiger partial charge in [0.25, 0.3) is 0 Å². The first-order chi connectivity index (χ1) is 8.35. The van der Waals surface area contributed by atoms with Gasteiger partial charge in [-0.1, -0.05) is 18.2 Å². The lowest BCUT2D eigenvalue weighted by Crippen LogP contribution is -2.09. The summed E-state index contributed by atoms with van der Waals surface area (Å²) in [6, 6.07) is 8.00. The molecule has 0 bridgehead atoms. The Bertz CT molecular complexity index is 481. The van der Waals surface area contributed by atoms with Gasteiger partial charge in [0.1, 0.15) is 12.2 Å². The molecular formula is C12H15ClN4. The Kier molecular flexibility index (Phi) is 3.98. The molecule has 0 aliphatic heterocycles. The van der Waals surface area contributed by atoms with E-state index in [2.05, 4.69) is 15.4 Å². The van der Waals surface area contributed by atoms with Crippen LogP contribution < -0.4 is 5.32 Å². The van der Waals surface area contributed by atoms with Crippen molar-refractivity contribution in [2.24, 2.45) is 0 Å². The second-order valence-corrected chi connectivity index (χ2v) is 3.90. The van der Waals surface area contributed by atoms with E-state index in [1.54, 1.807) is 6.33 Å². The quantitative estimate of drug-likeness (QED) is 0.830. The molecule has 0 radical (unpaired) electrons. The zero-order valence-corrected chi connectivity index (χ0v) is 10.5. The fraction of sp³-hybridized carbons (Fsp3) is 0.333. The smallest absolute Gasteiger partial charge is 0.146 e. The van der Waals surface area contributed by atoms with Crippen LogP contribution in [0.3, 0.4) is 0 Å². The average Bonchev–Trinajstić information content (AvgIpc) is 2.84. The van der Waals surface area contributed by atoms with E-state index in [1.165, 1.54) is 0 Å². The number of hydrogen-bond donors (Lipinski definition) is 1. The zero-order chi connectivity index (χ0) is 12.1. The highest BCUT2D eigenvalue weighted by Gasteiger charge is 2.04. The van der Waals surface area contributed by atoms with Crippen LogP contribution in [0.4, 0.5) is 5.69 Å². The maximum Gasteiger partial charge on any atom is 0.146 e. The molecule has 0 amide bonds. The van der Waals surface area contributed by atoms with E-state index in [4.69, 9.17) is 11.6 Å². The summed E-state index contributed by atoms with van der Waals surface area (Å²) < 4.78 is 1.87. The molecule has 1 aromatic heterocycles. The molecule has 2 rings (SSSR count). The molecule has 0 saturated heterocycles. The Hall–Kier alpha value is -1.55. The number of hydrogen-bond acceptors (Lipinski definition) is 3. The molecule has 0 aliphatic rings. The summed E-state index contributed by atoms with van der Waals surface area (Å²) >= 11 is 5.88. The minimum Gasteiger partial charge on any atom is -0.377 e. The zero-order valence-electron chi connectivity index (χ0n) is 9.73. The predicted octanol–water partition coefficient (Wildman–Crippen LogP) is 2.65. The van der Waals surface area contributed by atoms with Gasteiger partial charge in [0.2, 0.25) is 0 Å². The number of aryl methyl sites for hydroxylation is 1. The first-order valence-electron chi connectivity index (χ1n) is 5.59. The van der Waals surface area contributed by atoms with Crippen molar-refractivity contribution < 1.29 is 0 Å². The van der Waals surface area contributed by atoms with Crippen molar-refractivity contribution in [3.05, 3.63) is 42.0 Å². The number of benzene rings is 1. The molecule has 4 nitrogen and oxygen atoms in total. The molecule has 0 saturated carbocycles. The van der Waals surface area contributed by atoms with Crippen LogP contribution in [0.5, 0.6) is 0 Å². The van der Waals surface area contributed by atoms with Gasteiger partial charge in [-0.25, -0.2) is 9.67 Å². The molecule has 2 aromatic rings. The number of anilines is 1. The lowest BCUT2D eigenvalue weighted by molar-refractivity contribution is 0.622. The first kappa shape index (κ1) is 11.9. The van der Waals surface area contributed by atoms with Gasteiger partial charge in [-0.15, -0.1) is 11.6 Å². The van der Waals surface area contributed by atoms with Crippen LogP contribution in [0.1, 0.15) is 18.3 Å². The van der Waals surface area contributed by atoms with Crippen molar-refractivity contribution in [1.29, 1.82) is 0 Å². The molecule has 1 aromatic carbocycles. The third-order valence-electron chi connectivity index (χ3n) is 2.59. The molecule has 90 valence electrons. The van der Waals surface area contributed by atoms with E-state index in [-0.39, 0.29) is 0 Å². The Balaban J connectivity index is 2.07. The van der Waals surface area contributed by atoms with Gasteiger partial charge in [0.05, 0.1) is 6.54 Å². The largest absolute Gasteiger partial charge is 0.377 e. The van der Waals surface area contributed by atoms with Crippen molar-refractivity contribution >= 4 is 17.3 Å². The van der Waals surface area contributed by atoms with E-state index in [1.807, 2.05) is 35.9 Å². The molecule has 0 atom stereocenters. The number of nitrogens with zero attached hydrogens (tertiary/aromatic N) is 3. The standard InChI is InChI=1S/C12H15ClN4/c1-2-17-12(15-9-16-17)8-14-11-6-4-3-5-10(11)7-13/h3-6,9,14H,2,7-8H2,1H3. The van der Waals surface area contributed by atoms with Crippen LogP contribution >= 0.6 is 11.6 Å². The summed E-state index contributed by atoms with van der Waals surface area (Å²) in [5.41, 5.74) is 2.14. The highest BCUT2D eigenvalue weighted by molar-refractivity contribution is 6.17. The first-order valence-corrected chi connectivity index (χ1v) is 6.13. The fourth-order valence-electron chi connectivity index (χ4n) is 1.67. The van der Waals surface area contributed by atoms with Crippen LogP contribution in [0, 0.1) is 0 Å². The van der Waals surface area contributed by atoms with Crippen molar-refractivity contribution in [3.63, 3.8) is 0 Å². The monoisotopic (exact) mass is 250 g/mol. The SMILES string of the molecule is CCn1ncnc1CNc1ccccc1CCl. The van der Waals surface area contributed by atoms with E-state index < -0.39 is 0 Å². The Labute approximate surface area is 106 Å². The highest BCUT2D eigenvalue weighted by atomic mass is 35.5. The van der Waals surface area contributed by atoms with Gasteiger partial charge in [-0.05, 0) is 18.6 Å². The van der Waals surface area contributed by atoms with E-state index >= 15 is 0 Å². The molecule has 1 N–H and O–H groups in total. The maximum absolute atomic E-state index is 5.88. The minimum absolute atomic E-state index is 0.504. The lowest BCUT2D eigenvalue weighted by Gasteiger charge is -2.10. The summed E-state index contributed by atoms with van der Waals surface area (Å²) in [5.74, 6) is 1.43. The number of rotatable bonds is 5. The van der Waals surface area contributed by atoms with E-state index in [9.17, 15) is 0 Å². The van der Waals surface area contributed by atoms with Crippen LogP contribution in [0.15, 0.2) is 30.6 Å². The van der Waals surface area contributed by atoms with Gasteiger partial charge >= 0.3 is 0 Å².